The van der Waals surface area contributed by atoms with Gasteiger partial charge in [0.15, 0.2) is 0 Å². The largest absolute Gasteiger partial charge is 0.394 e. The molecule has 2 nitrogen and oxygen atoms in total. The van der Waals surface area contributed by atoms with Gasteiger partial charge in [0.1, 0.15) is 0 Å². The zero-order valence-corrected chi connectivity index (χ0v) is 5.17. The van der Waals surface area contributed by atoms with Crippen LogP contribution in [0.2, 0.25) is 0 Å². The Balaban J connectivity index is 3.21. The molecule has 0 aromatic heterocycles. The monoisotopic (exact) mass is 115 g/mol. The van der Waals surface area contributed by atoms with Crippen LogP contribution in [-0.4, -0.2) is 17.8 Å². The van der Waals surface area contributed by atoms with Crippen LogP contribution >= 0.6 is 0 Å². The molecule has 0 bridgehead atoms. The van der Waals surface area contributed by atoms with Gasteiger partial charge < -0.3 is 10.8 Å². The summed E-state index contributed by atoms with van der Waals surface area (Å²) >= 11 is 0. The zero-order valence-electron chi connectivity index (χ0n) is 5.17. The number of nitrogens with two attached hydrogens (primary N) is 1. The highest BCUT2D eigenvalue weighted by atomic mass is 16.3. The number of aliphatic hydroxyl groups is 1. The molecule has 0 saturated heterocycles. The topological polar surface area (TPSA) is 46.2 Å². The van der Waals surface area contributed by atoms with E-state index >= 15 is 0 Å². The summed E-state index contributed by atoms with van der Waals surface area (Å²) < 4.78 is 0. The molecule has 48 valence electrons. The lowest BCUT2D eigenvalue weighted by Crippen LogP contribution is -2.20. The van der Waals surface area contributed by atoms with Gasteiger partial charge in [0.05, 0.1) is 6.61 Å². The summed E-state index contributed by atoms with van der Waals surface area (Å²) in [5.74, 6) is 0. The summed E-state index contributed by atoms with van der Waals surface area (Å²) in [6.07, 6.45) is 4.73. The van der Waals surface area contributed by atoms with E-state index in [2.05, 4.69) is 0 Å². The van der Waals surface area contributed by atoms with E-state index in [0.29, 0.717) is 0 Å². The maximum Gasteiger partial charge on any atom is 0.0618 e. The molecule has 2 heteroatoms. The predicted molar refractivity (Wildman–Crippen MR) is 34.5 cm³/mol. The number of hydrogen-bond acceptors (Lipinski definition) is 2. The van der Waals surface area contributed by atoms with Crippen LogP contribution in [0, 0.1) is 0 Å². The van der Waals surface area contributed by atoms with Crippen LogP contribution in [0.5, 0.6) is 0 Å². The third-order valence-electron chi connectivity index (χ3n) is 0.830. The van der Waals surface area contributed by atoms with Crippen molar-refractivity contribution in [2.24, 2.45) is 5.73 Å². The lowest BCUT2D eigenvalue weighted by atomic mass is 10.3. The summed E-state index contributed by atoms with van der Waals surface area (Å²) in [5.41, 5.74) is 5.32. The molecule has 0 spiro atoms. The fourth-order valence-corrected chi connectivity index (χ4v) is 0.372. The molecule has 1 atom stereocenters. The smallest absolute Gasteiger partial charge is 0.0618 e. The molecule has 0 aliphatic rings. The van der Waals surface area contributed by atoms with E-state index in [9.17, 15) is 0 Å². The zero-order chi connectivity index (χ0) is 6.41. The van der Waals surface area contributed by atoms with Crippen molar-refractivity contribution < 1.29 is 5.11 Å². The molecule has 0 saturated carbocycles. The van der Waals surface area contributed by atoms with Gasteiger partial charge in [-0.2, -0.15) is 0 Å². The van der Waals surface area contributed by atoms with Crippen LogP contribution in [0.25, 0.3) is 0 Å². The van der Waals surface area contributed by atoms with Crippen molar-refractivity contribution in [1.29, 1.82) is 0 Å². The minimum Gasteiger partial charge on any atom is -0.394 e. The molecule has 0 aromatic rings. The second-order valence-electron chi connectivity index (χ2n) is 1.68. The van der Waals surface area contributed by atoms with Crippen LogP contribution in [0.4, 0.5) is 0 Å². The average molecular weight is 115 g/mol. The fraction of sp³-hybridized carbons (Fsp3) is 0.667. The van der Waals surface area contributed by atoms with Crippen molar-refractivity contribution in [2.75, 3.05) is 6.61 Å². The highest BCUT2D eigenvalue weighted by Crippen LogP contribution is 1.82. The molecule has 0 aromatic carbocycles. The summed E-state index contributed by atoms with van der Waals surface area (Å²) in [4.78, 5) is 0. The third kappa shape index (κ3) is 3.84. The van der Waals surface area contributed by atoms with E-state index in [-0.39, 0.29) is 12.6 Å². The molecule has 0 unspecified atom stereocenters. The second-order valence-corrected chi connectivity index (χ2v) is 1.68. The molecule has 8 heavy (non-hydrogen) atoms. The Kier molecular flexibility index (Phi) is 4.61. The van der Waals surface area contributed by atoms with Gasteiger partial charge in [0.2, 0.25) is 0 Å². The first-order valence-corrected chi connectivity index (χ1v) is 2.84. The summed E-state index contributed by atoms with van der Waals surface area (Å²) in [7, 11) is 0. The fourth-order valence-electron chi connectivity index (χ4n) is 0.372. The third-order valence-corrected chi connectivity index (χ3v) is 0.830. The minimum absolute atomic E-state index is 0.0382. The lowest BCUT2D eigenvalue weighted by Gasteiger charge is -1.96. The Bertz CT molecular complexity index is 70.9. The van der Waals surface area contributed by atoms with Crippen molar-refractivity contribution in [1.82, 2.24) is 0 Å². The van der Waals surface area contributed by atoms with Gasteiger partial charge in [0.25, 0.3) is 0 Å². The molecule has 0 amide bonds. The molecule has 0 fully saturated rings. The number of aliphatic hydroxyl groups excluding tert-OH is 1. The van der Waals surface area contributed by atoms with Crippen molar-refractivity contribution in [3.8, 4) is 0 Å². The minimum atomic E-state index is -0.171. The Hall–Kier alpha value is -0.340. The molecule has 0 radical (unpaired) electrons. The molecule has 0 rings (SSSR count). The molecule has 0 aliphatic carbocycles. The summed E-state index contributed by atoms with van der Waals surface area (Å²) in [5, 5.41) is 8.39. The molecule has 3 N–H and O–H groups in total. The van der Waals surface area contributed by atoms with Gasteiger partial charge in [0, 0.05) is 6.04 Å². The van der Waals surface area contributed by atoms with Gasteiger partial charge in [-0.1, -0.05) is 19.1 Å². The second kappa shape index (κ2) is 4.81. The summed E-state index contributed by atoms with van der Waals surface area (Å²) in [6, 6.07) is -0.171. The number of hydrogen-bond donors (Lipinski definition) is 2. The average Bonchev–Trinajstić information content (AvgIpc) is 1.83. The first kappa shape index (κ1) is 7.66. The highest BCUT2D eigenvalue weighted by molar-refractivity contribution is 4.89. The Morgan fingerprint density at radius 3 is 2.75 bits per heavy atom. The van der Waals surface area contributed by atoms with E-state index in [1.807, 2.05) is 13.0 Å². The standard InChI is InChI=1S/C6H13NO/c1-2-3-4-6(7)5-8/h3-4,6,8H,2,5,7H2,1H3/b4-3+/t6-/m1/s1. The molecular formula is C6H13NO. The van der Waals surface area contributed by atoms with Crippen molar-refractivity contribution >= 4 is 0 Å². The van der Waals surface area contributed by atoms with E-state index in [0.717, 1.165) is 6.42 Å². The predicted octanol–water partition coefficient (Wildman–Crippen LogP) is 0.272. The maximum absolute atomic E-state index is 8.39. The van der Waals surface area contributed by atoms with Gasteiger partial charge in [-0.15, -0.1) is 0 Å². The van der Waals surface area contributed by atoms with Crippen molar-refractivity contribution in [2.45, 2.75) is 19.4 Å². The van der Waals surface area contributed by atoms with E-state index < -0.39 is 0 Å². The van der Waals surface area contributed by atoms with Gasteiger partial charge in [-0.05, 0) is 6.42 Å². The number of rotatable bonds is 3. The lowest BCUT2D eigenvalue weighted by molar-refractivity contribution is 0.284. The number of allylic oxidation sites excluding steroid dienone is 1. The molecule has 0 aliphatic heterocycles. The first-order chi connectivity index (χ1) is 3.81. The Morgan fingerprint density at radius 2 is 2.38 bits per heavy atom. The summed E-state index contributed by atoms with van der Waals surface area (Å²) in [6.45, 7) is 2.07. The van der Waals surface area contributed by atoms with E-state index in [1.165, 1.54) is 0 Å². The Labute approximate surface area is 50.0 Å². The van der Waals surface area contributed by atoms with Crippen LogP contribution in [0.1, 0.15) is 13.3 Å². The van der Waals surface area contributed by atoms with Crippen LogP contribution < -0.4 is 5.73 Å². The van der Waals surface area contributed by atoms with Gasteiger partial charge in [-0.25, -0.2) is 0 Å². The van der Waals surface area contributed by atoms with Crippen molar-refractivity contribution in [3.63, 3.8) is 0 Å². The van der Waals surface area contributed by atoms with Crippen LogP contribution in [-0.2, 0) is 0 Å². The molecule has 0 heterocycles. The van der Waals surface area contributed by atoms with Gasteiger partial charge >= 0.3 is 0 Å². The van der Waals surface area contributed by atoms with Gasteiger partial charge in [-0.3, -0.25) is 0 Å². The first-order valence-electron chi connectivity index (χ1n) is 2.84. The SMILES string of the molecule is CC/C=C/[C@@H](N)CO. The van der Waals surface area contributed by atoms with Crippen molar-refractivity contribution in [3.05, 3.63) is 12.2 Å². The van der Waals surface area contributed by atoms with E-state index in [4.69, 9.17) is 10.8 Å². The normalized spacial score (nSPS) is 14.9. The highest BCUT2D eigenvalue weighted by Gasteiger charge is 1.88. The molecular weight excluding hydrogens is 102 g/mol. The van der Waals surface area contributed by atoms with Crippen LogP contribution in [0.3, 0.4) is 0 Å². The van der Waals surface area contributed by atoms with Crippen LogP contribution in [0.15, 0.2) is 12.2 Å². The quantitative estimate of drug-likeness (QED) is 0.519. The van der Waals surface area contributed by atoms with E-state index in [1.54, 1.807) is 6.08 Å². The Morgan fingerprint density at radius 1 is 1.75 bits per heavy atom. The maximum atomic E-state index is 8.39.